The van der Waals surface area contributed by atoms with E-state index < -0.39 is 120 Å². The number of fused-ring (bicyclic) bond motifs is 3. The lowest BCUT2D eigenvalue weighted by molar-refractivity contribution is -0.194. The number of aliphatic hydroxyl groups is 5. The molecule has 9 N–H and O–H groups in total. The second-order valence-corrected chi connectivity index (χ2v) is 24.3. The number of unbranched alkanes of at least 4 members (excludes halogenated alkanes) is 17. The number of ether oxygens (including phenoxy) is 3. The van der Waals surface area contributed by atoms with Crippen molar-refractivity contribution < 1.29 is 81.6 Å². The first-order chi connectivity index (χ1) is 36.7. The third kappa shape index (κ3) is 28.9. The first-order valence-corrected chi connectivity index (χ1v) is 31.5. The highest BCUT2D eigenvalue weighted by atomic mass is 31.3. The van der Waals surface area contributed by atoms with Gasteiger partial charge >= 0.3 is 33.3 Å². The van der Waals surface area contributed by atoms with Crippen LogP contribution < -0.4 is 11.4 Å². The number of allylic oxidation sites excluding steroid dienone is 2. The van der Waals surface area contributed by atoms with Gasteiger partial charge in [0.2, 0.25) is 0 Å². The lowest BCUT2D eigenvalue weighted by atomic mass is 9.82. The molecule has 21 nitrogen and oxygen atoms in total. The van der Waals surface area contributed by atoms with Gasteiger partial charge in [-0.25, -0.2) is 13.9 Å². The topological polar surface area (TPSA) is 326 Å². The summed E-state index contributed by atoms with van der Waals surface area (Å²) < 4.78 is 59.1. The van der Waals surface area contributed by atoms with E-state index in [1.165, 1.54) is 101 Å². The number of phosphoric ester groups is 2. The van der Waals surface area contributed by atoms with Gasteiger partial charge in [0.15, 0.2) is 6.10 Å². The van der Waals surface area contributed by atoms with Crippen LogP contribution in [-0.2, 0) is 46.3 Å². The van der Waals surface area contributed by atoms with Crippen molar-refractivity contribution in [3.05, 3.63) is 47.1 Å². The first-order valence-electron chi connectivity index (χ1n) is 28.5. The number of nitrogens with zero attached hydrogens (tertiary/aromatic N) is 2. The van der Waals surface area contributed by atoms with Crippen LogP contribution in [-0.4, -0.2) is 119 Å². The zero-order chi connectivity index (χ0) is 56.6. The van der Waals surface area contributed by atoms with Crippen LogP contribution in [0.1, 0.15) is 200 Å². The zero-order valence-corrected chi connectivity index (χ0v) is 47.8. The lowest BCUT2D eigenvalue weighted by Gasteiger charge is -2.40. The maximum Gasteiger partial charge on any atom is 0.481 e. The number of rotatable bonds is 28. The highest BCUT2D eigenvalue weighted by Gasteiger charge is 2.45. The largest absolute Gasteiger partial charge is 0.481 e. The number of hydrogen-bond acceptors (Lipinski definition) is 18. The summed E-state index contributed by atoms with van der Waals surface area (Å²) in [4.78, 5) is 64.3. The Hall–Kier alpha value is -2.88. The summed E-state index contributed by atoms with van der Waals surface area (Å²) in [6, 6.07) is 1.25. The fourth-order valence-electron chi connectivity index (χ4n) is 9.48. The molecule has 2 bridgehead atoms. The number of aromatic nitrogens is 2. The van der Waals surface area contributed by atoms with Crippen molar-refractivity contribution in [1.29, 1.82) is 0 Å². The molecule has 3 rings (SSSR count). The number of anilines is 1. The summed E-state index contributed by atoms with van der Waals surface area (Å²) in [5.74, 6) is -3.32. The first kappa shape index (κ1) is 68.4. The van der Waals surface area contributed by atoms with Gasteiger partial charge < -0.3 is 55.3 Å². The van der Waals surface area contributed by atoms with Gasteiger partial charge in [0, 0.05) is 37.3 Å². The number of aliphatic hydroxyl groups excluding tert-OH is 5. The van der Waals surface area contributed by atoms with Crippen molar-refractivity contribution in [2.75, 3.05) is 25.6 Å². The van der Waals surface area contributed by atoms with E-state index in [9.17, 15) is 58.8 Å². The average molecular weight is 1140 g/mol. The van der Waals surface area contributed by atoms with Crippen LogP contribution >= 0.6 is 15.6 Å². The second-order valence-electron chi connectivity index (χ2n) is 21.2. The molecule has 0 radical (unpaired) electrons. The van der Waals surface area contributed by atoms with Crippen LogP contribution in [0, 0.1) is 17.8 Å². The van der Waals surface area contributed by atoms with E-state index >= 15 is 0 Å². The highest BCUT2D eigenvalue weighted by molar-refractivity contribution is 7.61. The van der Waals surface area contributed by atoms with Crippen molar-refractivity contribution >= 4 is 33.4 Å². The molecule has 1 aromatic rings. The second kappa shape index (κ2) is 37.9. The Morgan fingerprint density at radius 2 is 1.40 bits per heavy atom. The van der Waals surface area contributed by atoms with Gasteiger partial charge in [0.25, 0.3) is 0 Å². The molecule has 0 amide bonds. The molecule has 0 aliphatic carbocycles. The van der Waals surface area contributed by atoms with Crippen molar-refractivity contribution in [2.24, 2.45) is 17.8 Å². The summed E-state index contributed by atoms with van der Waals surface area (Å²) >= 11 is 0. The molecule has 1 aromatic heterocycles. The Morgan fingerprint density at radius 3 is 2.00 bits per heavy atom. The molecule has 0 saturated carbocycles. The third-order valence-electron chi connectivity index (χ3n) is 14.0. The normalized spacial score (nSPS) is 29.1. The number of nitrogen functional groups attached to an aromatic ring is 1. The number of hydrogen-bond donors (Lipinski definition) is 8. The van der Waals surface area contributed by atoms with Gasteiger partial charge in [-0.05, 0) is 44.1 Å². The number of nitrogens with two attached hydrogens (primary N) is 1. The molecule has 77 heavy (non-hydrogen) atoms. The molecule has 2 aliphatic rings. The summed E-state index contributed by atoms with van der Waals surface area (Å²) in [5.41, 5.74) is 4.79. The van der Waals surface area contributed by atoms with Gasteiger partial charge in [-0.15, -0.1) is 0 Å². The Morgan fingerprint density at radius 1 is 0.818 bits per heavy atom. The van der Waals surface area contributed by atoms with Gasteiger partial charge in [0.05, 0.1) is 37.6 Å². The monoisotopic (exact) mass is 1140 g/mol. The van der Waals surface area contributed by atoms with E-state index in [1.54, 1.807) is 12.2 Å². The lowest BCUT2D eigenvalue weighted by Crippen LogP contribution is -2.52. The van der Waals surface area contributed by atoms with Crippen molar-refractivity contribution in [3.8, 4) is 0 Å². The quantitative estimate of drug-likeness (QED) is 0.0168. The molecule has 23 heteroatoms. The van der Waals surface area contributed by atoms with Crippen molar-refractivity contribution in [3.63, 3.8) is 0 Å². The van der Waals surface area contributed by atoms with Crippen LogP contribution in [0.3, 0.4) is 0 Å². The zero-order valence-electron chi connectivity index (χ0n) is 46.0. The van der Waals surface area contributed by atoms with Crippen LogP contribution in [0.15, 0.2) is 41.4 Å². The Bertz CT molecular complexity index is 2030. The van der Waals surface area contributed by atoms with Crippen molar-refractivity contribution in [1.82, 2.24) is 9.55 Å². The third-order valence-corrected chi connectivity index (χ3v) is 16.6. The van der Waals surface area contributed by atoms with Crippen LogP contribution in [0.5, 0.6) is 0 Å². The van der Waals surface area contributed by atoms with E-state index in [-0.39, 0.29) is 37.9 Å². The van der Waals surface area contributed by atoms with Gasteiger partial charge in [0.1, 0.15) is 30.9 Å². The summed E-state index contributed by atoms with van der Waals surface area (Å²) in [6.45, 7) is 3.87. The van der Waals surface area contributed by atoms with Crippen LogP contribution in [0.25, 0.3) is 0 Å². The summed E-state index contributed by atoms with van der Waals surface area (Å²) in [6.07, 6.45) is 16.8. The molecular formula is C54H95N3O18P2. The molecule has 2 unspecified atom stereocenters. The average Bonchev–Trinajstić information content (AvgIpc) is 3.36. The van der Waals surface area contributed by atoms with E-state index in [2.05, 4.69) is 23.1 Å². The highest BCUT2D eigenvalue weighted by Crippen LogP contribution is 2.60. The van der Waals surface area contributed by atoms with E-state index in [0.717, 1.165) is 49.0 Å². The number of carbonyl (C=O) groups excluding carboxylic acids is 2. The maximum absolute atomic E-state index is 13.4. The number of cyclic esters (lactones) is 1. The molecule has 0 spiro atoms. The fraction of sp³-hybridized carbons (Fsp3) is 0.815. The smallest absolute Gasteiger partial charge is 0.462 e. The molecule has 1 fully saturated rings. The number of carbonyl (C=O) groups is 2. The molecule has 444 valence electrons. The predicted molar refractivity (Wildman–Crippen MR) is 291 cm³/mol. The Balaban J connectivity index is 1.67. The maximum atomic E-state index is 13.4. The van der Waals surface area contributed by atoms with E-state index in [0.29, 0.717) is 19.3 Å². The predicted octanol–water partition coefficient (Wildman–Crippen LogP) is 8.80. The summed E-state index contributed by atoms with van der Waals surface area (Å²) in [5, 5.41) is 57.5. The minimum absolute atomic E-state index is 0.0814. The molecule has 3 heterocycles. The molecule has 0 aromatic carbocycles. The molecule has 12 atom stereocenters. The Labute approximate surface area is 456 Å². The molecule has 1 saturated heterocycles. The Kier molecular flexibility index (Phi) is 33.7. The van der Waals surface area contributed by atoms with Crippen molar-refractivity contribution in [2.45, 2.75) is 243 Å². The van der Waals surface area contributed by atoms with Crippen LogP contribution in [0.2, 0.25) is 0 Å². The molecular weight excluding hydrogens is 1040 g/mol. The van der Waals surface area contributed by atoms with Crippen LogP contribution in [0.4, 0.5) is 5.82 Å². The standard InChI is InChI=1S/C54H95N3O18P2/c1-4-5-22-28-41(58)32-33-43-45(59)36-46(60)44-29-24-20-21-26-31-50(62)73-42(37-70-49(61)30-25-19-17-15-13-11-9-7-6-8-10-12-14-16-18-23-27-40(2)3)38-71-76(66,67)75-77(68,69)72-39-47(52(64)51(43)63)74-53(44)57-35-34-48(55)56-54(57)65/h20,24,32-35,40-47,51-53,58-60,63-64H,4-19,21-23,25-31,36-39H2,1-3H3,(H,66,67)(H,68,69)(H2,55,56,65)/t41-,42+,43-,44-,45+,46-,47+,51-,52+,53+/m0/s1. The molecule has 2 aliphatic heterocycles. The van der Waals surface area contributed by atoms with E-state index in [4.69, 9.17) is 29.0 Å². The number of phosphoric acid groups is 2. The SMILES string of the molecule is CCCCC[C@H](O)C=C[C@@H]1[C@H](O)[C@H](O)[C@H]2COP(=O)(O)OP(=O)(O)OC[C@@H](COC(=O)CCCCCCCCCCCCCCCCCCC(C)C)OC(=O)CCCC=CC[C@H]([C@H](n3ccc(N)nc3=O)O2)[C@@H](O)C[C@H]1O. The van der Waals surface area contributed by atoms with Gasteiger partial charge in [-0.1, -0.05) is 167 Å². The van der Waals surface area contributed by atoms with Gasteiger partial charge in [-0.2, -0.15) is 9.29 Å². The number of esters is 2. The minimum atomic E-state index is -5.70. The summed E-state index contributed by atoms with van der Waals surface area (Å²) in [7, 11) is -11.3. The fourth-order valence-corrected chi connectivity index (χ4v) is 11.6. The van der Waals surface area contributed by atoms with E-state index in [1.807, 2.05) is 6.92 Å². The minimum Gasteiger partial charge on any atom is -0.462 e. The van der Waals surface area contributed by atoms with Gasteiger partial charge in [-0.3, -0.25) is 23.2 Å².